The smallest absolute Gasteiger partial charge is 0.417 e. The molecule has 0 saturated heterocycles. The molecular weight excluding hydrogens is 521 g/mol. The second-order valence-electron chi connectivity index (χ2n) is 9.91. The molecule has 0 bridgehead atoms. The number of carbonyl (C=O) groups excluding carboxylic acids is 1. The lowest BCUT2D eigenvalue weighted by atomic mass is 10.1. The molecule has 0 aliphatic rings. The number of ether oxygens (including phenoxy) is 2. The number of hydrogen-bond donors (Lipinski definition) is 1. The molecule has 38 heavy (non-hydrogen) atoms. The molecule has 0 radical (unpaired) electrons. The Bertz CT molecular complexity index is 1350. The summed E-state index contributed by atoms with van der Waals surface area (Å²) in [6, 6.07) is 13.8. The van der Waals surface area contributed by atoms with Gasteiger partial charge in [0.25, 0.3) is 0 Å². The molecule has 1 atom stereocenters. The predicted molar refractivity (Wildman–Crippen MR) is 136 cm³/mol. The molecule has 3 rings (SSSR count). The highest BCUT2D eigenvalue weighted by molar-refractivity contribution is 7.89. The molecule has 1 N–H and O–H groups in total. The molecule has 1 aromatic heterocycles. The molecule has 0 saturated carbocycles. The van der Waals surface area contributed by atoms with Gasteiger partial charge in [-0.05, 0) is 68.1 Å². The average molecular weight is 551 g/mol. The van der Waals surface area contributed by atoms with Gasteiger partial charge in [0.2, 0.25) is 15.9 Å². The lowest BCUT2D eigenvalue weighted by Crippen LogP contribution is -2.47. The van der Waals surface area contributed by atoms with Gasteiger partial charge in [-0.15, -0.1) is 0 Å². The number of aromatic nitrogens is 1. The van der Waals surface area contributed by atoms with Crippen molar-refractivity contribution < 1.29 is 35.9 Å². The first-order chi connectivity index (χ1) is 17.5. The largest absolute Gasteiger partial charge is 0.459 e. The Labute approximate surface area is 220 Å². The first-order valence-electron chi connectivity index (χ1n) is 11.7. The number of carbonyl (C=O) groups is 1. The summed E-state index contributed by atoms with van der Waals surface area (Å²) in [4.78, 5) is 16.2. The van der Waals surface area contributed by atoms with Crippen LogP contribution in [0.15, 0.2) is 71.8 Å². The van der Waals surface area contributed by atoms with Gasteiger partial charge in [-0.25, -0.2) is 13.4 Å². The Morgan fingerprint density at radius 2 is 1.45 bits per heavy atom. The predicted octanol–water partition coefficient (Wildman–Crippen LogP) is 6.20. The third kappa shape index (κ3) is 7.78. The van der Waals surface area contributed by atoms with E-state index >= 15 is 0 Å². The number of benzene rings is 2. The Kier molecular flexibility index (Phi) is 8.52. The van der Waals surface area contributed by atoms with Gasteiger partial charge in [0.1, 0.15) is 17.4 Å². The van der Waals surface area contributed by atoms with E-state index < -0.39 is 39.4 Å². The van der Waals surface area contributed by atoms with Gasteiger partial charge in [-0.3, -0.25) is 4.79 Å². The fourth-order valence-electron chi connectivity index (χ4n) is 3.33. The highest BCUT2D eigenvalue weighted by atomic mass is 32.2. The van der Waals surface area contributed by atoms with Crippen molar-refractivity contribution >= 4 is 16.0 Å². The van der Waals surface area contributed by atoms with E-state index in [1.807, 2.05) is 0 Å². The molecule has 3 aromatic rings. The number of esters is 1. The number of nitrogens with zero attached hydrogens (tertiary/aromatic N) is 1. The number of rotatable bonds is 8. The molecule has 0 amide bonds. The zero-order chi connectivity index (χ0) is 28.3. The van der Waals surface area contributed by atoms with Gasteiger partial charge in [-0.2, -0.15) is 17.9 Å². The monoisotopic (exact) mass is 550 g/mol. The fourth-order valence-corrected chi connectivity index (χ4v) is 4.66. The van der Waals surface area contributed by atoms with Crippen LogP contribution in [0.2, 0.25) is 0 Å². The van der Waals surface area contributed by atoms with E-state index in [9.17, 15) is 26.4 Å². The standard InChI is InChI=1S/C27H29F3N2O5S/c1-17(2)24(25(33)37-26(3,4)5)32-38(34,35)22-13-8-19(9-14-22)18-6-11-21(12-7-18)36-23-15-10-20(16-31-23)27(28,29)30/h6-17,24,32H,1-5H3. The van der Waals surface area contributed by atoms with Crippen molar-refractivity contribution in [2.24, 2.45) is 5.92 Å². The van der Waals surface area contributed by atoms with Crippen LogP contribution < -0.4 is 9.46 Å². The Hall–Kier alpha value is -3.44. The number of nitrogens with one attached hydrogen (secondary N) is 1. The van der Waals surface area contributed by atoms with Gasteiger partial charge in [-0.1, -0.05) is 38.1 Å². The van der Waals surface area contributed by atoms with Crippen molar-refractivity contribution in [3.8, 4) is 22.8 Å². The molecule has 0 fully saturated rings. The van der Waals surface area contributed by atoms with Crippen molar-refractivity contribution in [1.82, 2.24) is 9.71 Å². The van der Waals surface area contributed by atoms with Gasteiger partial charge in [0.05, 0.1) is 10.5 Å². The maximum absolute atomic E-state index is 13.0. The first kappa shape index (κ1) is 29.1. The number of alkyl halides is 3. The number of pyridine rings is 1. The summed E-state index contributed by atoms with van der Waals surface area (Å²) >= 11 is 0. The Morgan fingerprint density at radius 3 is 1.89 bits per heavy atom. The van der Waals surface area contributed by atoms with Gasteiger partial charge < -0.3 is 9.47 Å². The van der Waals surface area contributed by atoms with Crippen LogP contribution in [0.3, 0.4) is 0 Å². The van der Waals surface area contributed by atoms with Crippen LogP contribution in [0.4, 0.5) is 13.2 Å². The van der Waals surface area contributed by atoms with Gasteiger partial charge >= 0.3 is 12.1 Å². The van der Waals surface area contributed by atoms with E-state index in [1.54, 1.807) is 71.0 Å². The minimum atomic E-state index is -4.48. The number of sulfonamides is 1. The highest BCUT2D eigenvalue weighted by Gasteiger charge is 2.32. The molecular formula is C27H29F3N2O5S. The normalized spacial score (nSPS) is 13.3. The van der Waals surface area contributed by atoms with Crippen LogP contribution in [-0.2, 0) is 25.7 Å². The lowest BCUT2D eigenvalue weighted by Gasteiger charge is -2.26. The third-order valence-electron chi connectivity index (χ3n) is 5.25. The lowest BCUT2D eigenvalue weighted by molar-refractivity contribution is -0.158. The van der Waals surface area contributed by atoms with E-state index in [1.165, 1.54) is 12.1 Å². The molecule has 1 unspecified atom stereocenters. The Morgan fingerprint density at radius 1 is 0.895 bits per heavy atom. The summed E-state index contributed by atoms with van der Waals surface area (Å²) < 4.78 is 77.3. The molecule has 0 aliphatic heterocycles. The van der Waals surface area contributed by atoms with E-state index in [-0.39, 0.29) is 16.7 Å². The Balaban J connectivity index is 1.70. The van der Waals surface area contributed by atoms with Gasteiger partial charge in [0, 0.05) is 12.3 Å². The first-order valence-corrected chi connectivity index (χ1v) is 13.2. The van der Waals surface area contributed by atoms with Crippen LogP contribution in [0.25, 0.3) is 11.1 Å². The zero-order valence-corrected chi connectivity index (χ0v) is 22.4. The van der Waals surface area contributed by atoms with Crippen molar-refractivity contribution in [2.75, 3.05) is 0 Å². The quantitative estimate of drug-likeness (QED) is 0.336. The molecule has 0 aliphatic carbocycles. The van der Waals surface area contributed by atoms with Crippen molar-refractivity contribution in [3.05, 3.63) is 72.4 Å². The summed E-state index contributed by atoms with van der Waals surface area (Å²) in [7, 11) is -4.01. The van der Waals surface area contributed by atoms with E-state index in [0.717, 1.165) is 23.3 Å². The highest BCUT2D eigenvalue weighted by Crippen LogP contribution is 2.31. The van der Waals surface area contributed by atoms with Crippen molar-refractivity contribution in [1.29, 1.82) is 0 Å². The second-order valence-corrected chi connectivity index (χ2v) is 11.6. The third-order valence-corrected chi connectivity index (χ3v) is 6.70. The van der Waals surface area contributed by atoms with Crippen LogP contribution >= 0.6 is 0 Å². The van der Waals surface area contributed by atoms with E-state index in [0.29, 0.717) is 11.9 Å². The maximum Gasteiger partial charge on any atom is 0.417 e. The average Bonchev–Trinajstić information content (AvgIpc) is 2.82. The number of halogens is 3. The molecule has 204 valence electrons. The van der Waals surface area contributed by atoms with Gasteiger partial charge in [0.15, 0.2) is 0 Å². The van der Waals surface area contributed by atoms with Crippen molar-refractivity contribution in [2.45, 2.75) is 57.3 Å². The molecule has 1 heterocycles. The fraction of sp³-hybridized carbons (Fsp3) is 0.333. The second kappa shape index (κ2) is 11.1. The zero-order valence-electron chi connectivity index (χ0n) is 21.5. The molecule has 7 nitrogen and oxygen atoms in total. The maximum atomic E-state index is 13.0. The molecule has 2 aromatic carbocycles. The van der Waals surface area contributed by atoms with Crippen LogP contribution in [0.1, 0.15) is 40.2 Å². The summed E-state index contributed by atoms with van der Waals surface area (Å²) in [6.07, 6.45) is -3.78. The van der Waals surface area contributed by atoms with Crippen molar-refractivity contribution in [3.63, 3.8) is 0 Å². The summed E-state index contributed by atoms with van der Waals surface area (Å²) in [6.45, 7) is 8.57. The minimum Gasteiger partial charge on any atom is -0.459 e. The van der Waals surface area contributed by atoms with Crippen LogP contribution in [0.5, 0.6) is 11.6 Å². The minimum absolute atomic E-state index is 0.0104. The molecule has 11 heteroatoms. The van der Waals surface area contributed by atoms with Crippen LogP contribution in [-0.4, -0.2) is 31.0 Å². The van der Waals surface area contributed by atoms with E-state index in [4.69, 9.17) is 9.47 Å². The van der Waals surface area contributed by atoms with E-state index in [2.05, 4.69) is 9.71 Å². The summed E-state index contributed by atoms with van der Waals surface area (Å²) in [5.74, 6) is -0.607. The summed E-state index contributed by atoms with van der Waals surface area (Å²) in [5.41, 5.74) is -0.156. The molecule has 0 spiro atoms. The van der Waals surface area contributed by atoms with Crippen LogP contribution in [0, 0.1) is 5.92 Å². The number of hydrogen-bond acceptors (Lipinski definition) is 6. The SMILES string of the molecule is CC(C)C(NS(=O)(=O)c1ccc(-c2ccc(Oc3ccc(C(F)(F)F)cn3)cc2)cc1)C(=O)OC(C)(C)C. The topological polar surface area (TPSA) is 94.6 Å². The summed E-state index contributed by atoms with van der Waals surface area (Å²) in [5, 5.41) is 0.